The topological polar surface area (TPSA) is 52.6 Å². The van der Waals surface area contributed by atoms with Crippen LogP contribution in [0.2, 0.25) is 0 Å². The first kappa shape index (κ1) is 20.7. The predicted molar refractivity (Wildman–Crippen MR) is 98.8 cm³/mol. The number of rotatable bonds is 12. The molecule has 0 radical (unpaired) electrons. The fourth-order valence-corrected chi connectivity index (χ4v) is 2.65. The molecule has 0 aliphatic heterocycles. The molecule has 0 aromatic heterocycles. The lowest BCUT2D eigenvalue weighted by Crippen LogP contribution is -2.14. The Hall–Kier alpha value is -1.36. The van der Waals surface area contributed by atoms with Crippen LogP contribution < -0.4 is 0 Å². The third-order valence-corrected chi connectivity index (χ3v) is 4.13. The van der Waals surface area contributed by atoms with Crippen molar-refractivity contribution < 1.29 is 19.1 Å². The number of esters is 2. The van der Waals surface area contributed by atoms with E-state index in [-0.39, 0.29) is 11.1 Å². The smallest absolute Gasteiger partial charge is 0.339 e. The van der Waals surface area contributed by atoms with Gasteiger partial charge in [0, 0.05) is 5.33 Å². The van der Waals surface area contributed by atoms with E-state index < -0.39 is 11.9 Å². The van der Waals surface area contributed by atoms with E-state index in [2.05, 4.69) is 15.9 Å². The molecule has 5 heteroatoms. The van der Waals surface area contributed by atoms with Gasteiger partial charge in [-0.2, -0.15) is 0 Å². The number of hydrogen-bond donors (Lipinski definition) is 0. The van der Waals surface area contributed by atoms with Gasteiger partial charge in [0.15, 0.2) is 0 Å². The summed E-state index contributed by atoms with van der Waals surface area (Å²) >= 11 is 3.42. The molecule has 0 atom stereocenters. The number of unbranched alkanes of at least 4 members (excludes halogenated alkanes) is 5. The van der Waals surface area contributed by atoms with Crippen LogP contribution in [0.1, 0.15) is 72.6 Å². The van der Waals surface area contributed by atoms with Gasteiger partial charge in [-0.1, -0.05) is 60.7 Å². The lowest BCUT2D eigenvalue weighted by molar-refractivity contribution is 0.0454. The molecule has 24 heavy (non-hydrogen) atoms. The first-order valence-corrected chi connectivity index (χ1v) is 9.82. The quantitative estimate of drug-likeness (QED) is 0.277. The third kappa shape index (κ3) is 7.95. The molecule has 0 fully saturated rings. The van der Waals surface area contributed by atoms with Gasteiger partial charge in [-0.15, -0.1) is 0 Å². The summed E-state index contributed by atoms with van der Waals surface area (Å²) in [4.78, 5) is 24.2. The van der Waals surface area contributed by atoms with Crippen LogP contribution in [-0.4, -0.2) is 30.5 Å². The lowest BCUT2D eigenvalue weighted by atomic mass is 10.1. The molecule has 1 aromatic rings. The van der Waals surface area contributed by atoms with Crippen LogP contribution in [0, 0.1) is 0 Å². The molecule has 0 unspecified atom stereocenters. The van der Waals surface area contributed by atoms with Crippen LogP contribution >= 0.6 is 15.9 Å². The molecule has 134 valence electrons. The van der Waals surface area contributed by atoms with Gasteiger partial charge in [-0.25, -0.2) is 9.59 Å². The summed E-state index contributed by atoms with van der Waals surface area (Å²) in [7, 11) is 0. The molecule has 0 amide bonds. The van der Waals surface area contributed by atoms with Gasteiger partial charge < -0.3 is 9.47 Å². The maximum Gasteiger partial charge on any atom is 0.339 e. The van der Waals surface area contributed by atoms with E-state index in [0.717, 1.165) is 31.0 Å². The zero-order valence-corrected chi connectivity index (χ0v) is 16.0. The standard InChI is InChI=1S/C19H27BrO4/c1-2-14-23-18(21)16-11-7-8-12-17(16)19(22)24-15-10-6-4-3-5-9-13-20/h7-8,11-12H,2-6,9-10,13-15H2,1H3. The SMILES string of the molecule is CCCOC(=O)c1ccccc1C(=O)OCCCCCCCCBr. The van der Waals surface area contributed by atoms with Crippen molar-refractivity contribution in [2.75, 3.05) is 18.5 Å². The fraction of sp³-hybridized carbons (Fsp3) is 0.579. The van der Waals surface area contributed by atoms with Crippen molar-refractivity contribution in [3.8, 4) is 0 Å². The Bertz CT molecular complexity index is 502. The van der Waals surface area contributed by atoms with E-state index in [9.17, 15) is 9.59 Å². The molecule has 0 saturated heterocycles. The summed E-state index contributed by atoms with van der Waals surface area (Å²) in [5, 5.41) is 1.06. The number of halogens is 1. The van der Waals surface area contributed by atoms with Crippen LogP contribution in [0.15, 0.2) is 24.3 Å². The Balaban J connectivity index is 2.38. The fourth-order valence-electron chi connectivity index (χ4n) is 2.26. The van der Waals surface area contributed by atoms with Crippen molar-refractivity contribution >= 4 is 27.9 Å². The summed E-state index contributed by atoms with van der Waals surface area (Å²) in [5.74, 6) is -0.936. The van der Waals surface area contributed by atoms with Crippen LogP contribution in [0.5, 0.6) is 0 Å². The van der Waals surface area contributed by atoms with Gasteiger partial charge in [0.2, 0.25) is 0 Å². The molecule has 0 saturated carbocycles. The molecule has 0 bridgehead atoms. The third-order valence-electron chi connectivity index (χ3n) is 3.57. The van der Waals surface area contributed by atoms with Gasteiger partial charge >= 0.3 is 11.9 Å². The van der Waals surface area contributed by atoms with Crippen LogP contribution in [-0.2, 0) is 9.47 Å². The number of carbonyl (C=O) groups is 2. The molecular formula is C19H27BrO4. The molecular weight excluding hydrogens is 372 g/mol. The monoisotopic (exact) mass is 398 g/mol. The summed E-state index contributed by atoms with van der Waals surface area (Å²) in [5.41, 5.74) is 0.543. The number of ether oxygens (including phenoxy) is 2. The summed E-state index contributed by atoms with van der Waals surface area (Å²) in [6.45, 7) is 2.65. The van der Waals surface area contributed by atoms with E-state index in [0.29, 0.717) is 13.2 Å². The van der Waals surface area contributed by atoms with Crippen molar-refractivity contribution in [3.63, 3.8) is 0 Å². The minimum atomic E-state index is -0.476. The average Bonchev–Trinajstić information content (AvgIpc) is 2.61. The molecule has 1 aromatic carbocycles. The first-order chi connectivity index (χ1) is 11.7. The lowest BCUT2D eigenvalue weighted by Gasteiger charge is -2.09. The predicted octanol–water partition coefficient (Wildman–Crippen LogP) is 5.15. The maximum absolute atomic E-state index is 12.2. The Morgan fingerprint density at radius 1 is 0.833 bits per heavy atom. The molecule has 0 spiro atoms. The summed E-state index contributed by atoms with van der Waals surface area (Å²) < 4.78 is 10.4. The number of carbonyl (C=O) groups excluding carboxylic acids is 2. The Morgan fingerprint density at radius 2 is 1.33 bits per heavy atom. The van der Waals surface area contributed by atoms with Crippen LogP contribution in [0.25, 0.3) is 0 Å². The minimum absolute atomic E-state index is 0.269. The van der Waals surface area contributed by atoms with E-state index in [4.69, 9.17) is 9.47 Å². The summed E-state index contributed by atoms with van der Waals surface area (Å²) in [6, 6.07) is 6.63. The van der Waals surface area contributed by atoms with E-state index in [1.165, 1.54) is 19.3 Å². The molecule has 4 nitrogen and oxygen atoms in total. The number of hydrogen-bond acceptors (Lipinski definition) is 4. The Labute approximate surface area is 153 Å². The molecule has 0 heterocycles. The normalized spacial score (nSPS) is 10.4. The van der Waals surface area contributed by atoms with Gasteiger partial charge in [-0.3, -0.25) is 0 Å². The zero-order chi connectivity index (χ0) is 17.6. The molecule has 0 aliphatic carbocycles. The van der Waals surface area contributed by atoms with E-state index in [1.54, 1.807) is 24.3 Å². The van der Waals surface area contributed by atoms with Crippen molar-refractivity contribution in [3.05, 3.63) is 35.4 Å². The van der Waals surface area contributed by atoms with Crippen molar-refractivity contribution in [2.45, 2.75) is 51.9 Å². The van der Waals surface area contributed by atoms with Crippen molar-refractivity contribution in [2.24, 2.45) is 0 Å². The molecule has 0 N–H and O–H groups in total. The van der Waals surface area contributed by atoms with Gasteiger partial charge in [0.1, 0.15) is 0 Å². The van der Waals surface area contributed by atoms with Crippen molar-refractivity contribution in [1.29, 1.82) is 0 Å². The molecule has 0 aliphatic rings. The van der Waals surface area contributed by atoms with E-state index in [1.807, 2.05) is 6.92 Å². The highest BCUT2D eigenvalue weighted by Crippen LogP contribution is 2.13. The van der Waals surface area contributed by atoms with E-state index >= 15 is 0 Å². The van der Waals surface area contributed by atoms with Gasteiger partial charge in [0.05, 0.1) is 24.3 Å². The van der Waals surface area contributed by atoms with Gasteiger partial charge in [0.25, 0.3) is 0 Å². The Morgan fingerprint density at radius 3 is 1.88 bits per heavy atom. The van der Waals surface area contributed by atoms with Crippen molar-refractivity contribution in [1.82, 2.24) is 0 Å². The Kier molecular flexibility index (Phi) is 11.2. The summed E-state index contributed by atoms with van der Waals surface area (Å²) in [6.07, 6.45) is 7.46. The highest BCUT2D eigenvalue weighted by molar-refractivity contribution is 9.09. The molecule has 1 rings (SSSR count). The second-order valence-corrected chi connectivity index (χ2v) is 6.42. The average molecular weight is 399 g/mol. The highest BCUT2D eigenvalue weighted by Gasteiger charge is 2.18. The van der Waals surface area contributed by atoms with Crippen LogP contribution in [0.3, 0.4) is 0 Å². The number of alkyl halides is 1. The minimum Gasteiger partial charge on any atom is -0.462 e. The second kappa shape index (κ2) is 13.0. The second-order valence-electron chi connectivity index (χ2n) is 5.63. The van der Waals surface area contributed by atoms with Gasteiger partial charge in [-0.05, 0) is 31.4 Å². The first-order valence-electron chi connectivity index (χ1n) is 8.70. The zero-order valence-electron chi connectivity index (χ0n) is 14.4. The largest absolute Gasteiger partial charge is 0.462 e. The maximum atomic E-state index is 12.2. The van der Waals surface area contributed by atoms with Crippen LogP contribution in [0.4, 0.5) is 0 Å². The number of benzene rings is 1. The highest BCUT2D eigenvalue weighted by atomic mass is 79.9.